The molecule has 0 aromatic carbocycles. The first kappa shape index (κ1) is 14.0. The third kappa shape index (κ3) is 3.73. The lowest BCUT2D eigenvalue weighted by Gasteiger charge is -2.14. The first-order valence-corrected chi connectivity index (χ1v) is 5.66. The van der Waals surface area contributed by atoms with Gasteiger partial charge in [-0.3, -0.25) is 14.4 Å². The molecule has 6 nitrogen and oxygen atoms in total. The molecule has 1 atom stereocenters. The van der Waals surface area contributed by atoms with Gasteiger partial charge in [-0.15, -0.1) is 0 Å². The van der Waals surface area contributed by atoms with Crippen LogP contribution in [0, 0.1) is 6.92 Å². The summed E-state index contributed by atoms with van der Waals surface area (Å²) < 4.78 is 0. The van der Waals surface area contributed by atoms with E-state index in [1.165, 1.54) is 6.07 Å². The standard InChI is InChI=1S/C12H16N2O4/c1-3-8(6-10(15)16)14-12(18)9-5-4-7(2)13-11(9)17/h4-5,8H,3,6H2,1-2H3,(H,13,17)(H,14,18)(H,15,16). The minimum Gasteiger partial charge on any atom is -0.481 e. The number of pyridine rings is 1. The molecule has 0 saturated carbocycles. The van der Waals surface area contributed by atoms with Crippen molar-refractivity contribution in [1.29, 1.82) is 0 Å². The van der Waals surface area contributed by atoms with Crippen LogP contribution in [0.4, 0.5) is 0 Å². The number of carboxylic acids is 1. The molecule has 0 spiro atoms. The largest absolute Gasteiger partial charge is 0.481 e. The van der Waals surface area contributed by atoms with Crippen LogP contribution in [0.5, 0.6) is 0 Å². The molecule has 1 heterocycles. The van der Waals surface area contributed by atoms with Crippen LogP contribution in [0.2, 0.25) is 0 Å². The lowest BCUT2D eigenvalue weighted by atomic mass is 10.1. The highest BCUT2D eigenvalue weighted by Crippen LogP contribution is 2.00. The quantitative estimate of drug-likeness (QED) is 0.717. The van der Waals surface area contributed by atoms with E-state index in [0.717, 1.165) is 0 Å². The van der Waals surface area contributed by atoms with Crippen molar-refractivity contribution >= 4 is 11.9 Å². The minimum absolute atomic E-state index is 0.00978. The third-order valence-electron chi connectivity index (χ3n) is 2.55. The fraction of sp³-hybridized carbons (Fsp3) is 0.417. The number of aromatic nitrogens is 1. The third-order valence-corrected chi connectivity index (χ3v) is 2.55. The van der Waals surface area contributed by atoms with E-state index in [0.29, 0.717) is 12.1 Å². The second kappa shape index (κ2) is 6.00. The maximum atomic E-state index is 11.8. The highest BCUT2D eigenvalue weighted by molar-refractivity contribution is 5.94. The fourth-order valence-corrected chi connectivity index (χ4v) is 1.52. The van der Waals surface area contributed by atoms with Crippen molar-refractivity contribution in [3.63, 3.8) is 0 Å². The lowest BCUT2D eigenvalue weighted by Crippen LogP contribution is -2.38. The Morgan fingerprint density at radius 3 is 2.61 bits per heavy atom. The van der Waals surface area contributed by atoms with Crippen LogP contribution in [0.1, 0.15) is 35.8 Å². The molecule has 18 heavy (non-hydrogen) atoms. The van der Waals surface area contributed by atoms with E-state index >= 15 is 0 Å². The minimum atomic E-state index is -0.986. The molecule has 3 N–H and O–H groups in total. The van der Waals surface area contributed by atoms with E-state index in [1.807, 2.05) is 0 Å². The van der Waals surface area contributed by atoms with Crippen molar-refractivity contribution < 1.29 is 14.7 Å². The number of carbonyl (C=O) groups is 2. The maximum Gasteiger partial charge on any atom is 0.305 e. The second-order valence-electron chi connectivity index (χ2n) is 4.06. The molecule has 0 radical (unpaired) electrons. The summed E-state index contributed by atoms with van der Waals surface area (Å²) in [6.45, 7) is 3.48. The Hall–Kier alpha value is -2.11. The number of amides is 1. The first-order chi connectivity index (χ1) is 8.43. The van der Waals surface area contributed by atoms with Gasteiger partial charge in [-0.1, -0.05) is 6.92 Å². The summed E-state index contributed by atoms with van der Waals surface area (Å²) in [6, 6.07) is 2.57. The van der Waals surface area contributed by atoms with Gasteiger partial charge in [0.1, 0.15) is 5.56 Å². The van der Waals surface area contributed by atoms with Gasteiger partial charge < -0.3 is 15.4 Å². The number of carboxylic acid groups (broad SMARTS) is 1. The predicted octanol–water partition coefficient (Wildman–Crippen LogP) is 0.666. The Morgan fingerprint density at radius 2 is 2.11 bits per heavy atom. The van der Waals surface area contributed by atoms with Gasteiger partial charge in [0.25, 0.3) is 11.5 Å². The van der Waals surface area contributed by atoms with Crippen LogP contribution in [0.3, 0.4) is 0 Å². The summed E-state index contributed by atoms with van der Waals surface area (Å²) in [6.07, 6.45) is 0.327. The Kier molecular flexibility index (Phi) is 4.65. The molecule has 0 aliphatic rings. The van der Waals surface area contributed by atoms with Crippen LogP contribution in [0.25, 0.3) is 0 Å². The highest BCUT2D eigenvalue weighted by Gasteiger charge is 2.17. The molecule has 1 rings (SSSR count). The Morgan fingerprint density at radius 1 is 1.44 bits per heavy atom. The first-order valence-electron chi connectivity index (χ1n) is 5.66. The van der Waals surface area contributed by atoms with Crippen molar-refractivity contribution in [2.75, 3.05) is 0 Å². The Bertz CT molecular complexity index is 507. The van der Waals surface area contributed by atoms with Crippen molar-refractivity contribution in [1.82, 2.24) is 10.3 Å². The number of H-pyrrole nitrogens is 1. The molecule has 0 saturated heterocycles. The number of hydrogen-bond donors (Lipinski definition) is 3. The van der Waals surface area contributed by atoms with Gasteiger partial charge in [-0.25, -0.2) is 0 Å². The van der Waals surface area contributed by atoms with Crippen LogP contribution < -0.4 is 10.9 Å². The predicted molar refractivity (Wildman–Crippen MR) is 65.6 cm³/mol. The van der Waals surface area contributed by atoms with Gasteiger partial charge in [-0.05, 0) is 25.5 Å². The van der Waals surface area contributed by atoms with E-state index in [4.69, 9.17) is 5.11 Å². The second-order valence-corrected chi connectivity index (χ2v) is 4.06. The number of aromatic amines is 1. The van der Waals surface area contributed by atoms with Crippen LogP contribution >= 0.6 is 0 Å². The van der Waals surface area contributed by atoms with Crippen LogP contribution in [-0.2, 0) is 4.79 Å². The van der Waals surface area contributed by atoms with E-state index < -0.39 is 23.5 Å². The molecule has 98 valence electrons. The molecule has 1 unspecified atom stereocenters. The van der Waals surface area contributed by atoms with Crippen molar-refractivity contribution in [2.24, 2.45) is 0 Å². The highest BCUT2D eigenvalue weighted by atomic mass is 16.4. The van der Waals surface area contributed by atoms with Crippen molar-refractivity contribution in [3.8, 4) is 0 Å². The van der Waals surface area contributed by atoms with E-state index in [-0.39, 0.29) is 12.0 Å². The van der Waals surface area contributed by atoms with Gasteiger partial charge in [0.15, 0.2) is 0 Å². The number of carbonyl (C=O) groups excluding carboxylic acids is 1. The van der Waals surface area contributed by atoms with E-state index in [9.17, 15) is 14.4 Å². The summed E-state index contributed by atoms with van der Waals surface area (Å²) >= 11 is 0. The summed E-state index contributed by atoms with van der Waals surface area (Å²) in [5.41, 5.74) is 0.177. The molecule has 6 heteroatoms. The van der Waals surface area contributed by atoms with E-state index in [2.05, 4.69) is 10.3 Å². The number of aryl methyl sites for hydroxylation is 1. The van der Waals surface area contributed by atoms with Gasteiger partial charge >= 0.3 is 5.97 Å². The number of aliphatic carboxylic acids is 1. The zero-order valence-corrected chi connectivity index (χ0v) is 10.3. The molecule has 0 aliphatic heterocycles. The number of nitrogens with one attached hydrogen (secondary N) is 2. The van der Waals surface area contributed by atoms with Crippen molar-refractivity contribution in [2.45, 2.75) is 32.7 Å². The smallest absolute Gasteiger partial charge is 0.305 e. The topological polar surface area (TPSA) is 99.3 Å². The molecule has 1 amide bonds. The molecule has 0 bridgehead atoms. The molecular weight excluding hydrogens is 236 g/mol. The summed E-state index contributed by atoms with van der Waals surface area (Å²) in [5.74, 6) is -1.54. The SMILES string of the molecule is CCC(CC(=O)O)NC(=O)c1ccc(C)[nH]c1=O. The van der Waals surface area contributed by atoms with Crippen molar-refractivity contribution in [3.05, 3.63) is 33.7 Å². The summed E-state index contributed by atoms with van der Waals surface area (Å²) in [5, 5.41) is 11.2. The Balaban J connectivity index is 2.81. The maximum absolute atomic E-state index is 11.8. The zero-order valence-electron chi connectivity index (χ0n) is 10.3. The molecule has 1 aromatic rings. The van der Waals surface area contributed by atoms with Crippen LogP contribution in [0.15, 0.2) is 16.9 Å². The monoisotopic (exact) mass is 252 g/mol. The zero-order chi connectivity index (χ0) is 13.7. The molecule has 0 fully saturated rings. The van der Waals surface area contributed by atoms with E-state index in [1.54, 1.807) is 19.9 Å². The summed E-state index contributed by atoms with van der Waals surface area (Å²) in [7, 11) is 0. The van der Waals surface area contributed by atoms with Crippen LogP contribution in [-0.4, -0.2) is 28.0 Å². The summed E-state index contributed by atoms with van der Waals surface area (Å²) in [4.78, 5) is 36.4. The molecule has 0 aliphatic carbocycles. The Labute approximate surface area is 104 Å². The fourth-order valence-electron chi connectivity index (χ4n) is 1.52. The van der Waals surface area contributed by atoms with Gasteiger partial charge in [0, 0.05) is 11.7 Å². The van der Waals surface area contributed by atoms with Gasteiger partial charge in [0.2, 0.25) is 0 Å². The van der Waals surface area contributed by atoms with Gasteiger partial charge in [-0.2, -0.15) is 0 Å². The number of rotatable bonds is 5. The number of hydrogen-bond acceptors (Lipinski definition) is 3. The normalized spacial score (nSPS) is 11.9. The average molecular weight is 252 g/mol. The average Bonchev–Trinajstić information content (AvgIpc) is 2.27. The lowest BCUT2D eigenvalue weighted by molar-refractivity contribution is -0.137. The molecule has 1 aromatic heterocycles. The van der Waals surface area contributed by atoms with Gasteiger partial charge in [0.05, 0.1) is 6.42 Å². The molecular formula is C12H16N2O4.